The van der Waals surface area contributed by atoms with Gasteiger partial charge in [0.05, 0.1) is 6.61 Å². The SMILES string of the molecule is CCOC(=O)C=C(C)c1ccc(-c2ccc(Cl)cc2Cl)cc1. The summed E-state index contributed by atoms with van der Waals surface area (Å²) in [6.07, 6.45) is 1.49. The highest BCUT2D eigenvalue weighted by Gasteiger charge is 2.06. The number of benzene rings is 2. The molecule has 0 atom stereocenters. The summed E-state index contributed by atoms with van der Waals surface area (Å²) in [7, 11) is 0. The van der Waals surface area contributed by atoms with E-state index < -0.39 is 0 Å². The molecule has 0 unspecified atom stereocenters. The number of esters is 1. The predicted octanol–water partition coefficient (Wildman–Crippen LogP) is 5.63. The molecule has 0 bridgehead atoms. The first kappa shape index (κ1) is 16.6. The van der Waals surface area contributed by atoms with Gasteiger partial charge >= 0.3 is 5.97 Å². The van der Waals surface area contributed by atoms with Crippen molar-refractivity contribution < 1.29 is 9.53 Å². The average Bonchev–Trinajstić information content (AvgIpc) is 2.47. The van der Waals surface area contributed by atoms with Crippen LogP contribution >= 0.6 is 23.2 Å². The quantitative estimate of drug-likeness (QED) is 0.535. The molecule has 4 heteroatoms. The van der Waals surface area contributed by atoms with Gasteiger partial charge in [-0.2, -0.15) is 0 Å². The van der Waals surface area contributed by atoms with Gasteiger partial charge in [-0.05, 0) is 42.7 Å². The summed E-state index contributed by atoms with van der Waals surface area (Å²) in [5.74, 6) is -0.329. The molecule has 0 saturated carbocycles. The van der Waals surface area contributed by atoms with E-state index in [1.807, 2.05) is 43.3 Å². The Labute approximate surface area is 140 Å². The van der Waals surface area contributed by atoms with Crippen LogP contribution in [0.2, 0.25) is 10.0 Å². The minimum atomic E-state index is -0.329. The van der Waals surface area contributed by atoms with E-state index >= 15 is 0 Å². The Morgan fingerprint density at radius 3 is 2.41 bits per heavy atom. The van der Waals surface area contributed by atoms with Crippen molar-refractivity contribution in [2.45, 2.75) is 13.8 Å². The van der Waals surface area contributed by atoms with E-state index in [-0.39, 0.29) is 5.97 Å². The van der Waals surface area contributed by atoms with Gasteiger partial charge in [0.1, 0.15) is 0 Å². The lowest BCUT2D eigenvalue weighted by molar-refractivity contribution is -0.137. The van der Waals surface area contributed by atoms with Crippen molar-refractivity contribution in [1.29, 1.82) is 0 Å². The van der Waals surface area contributed by atoms with Gasteiger partial charge in [0.25, 0.3) is 0 Å². The van der Waals surface area contributed by atoms with Gasteiger partial charge in [-0.3, -0.25) is 0 Å². The largest absolute Gasteiger partial charge is 0.463 e. The number of ether oxygens (including phenoxy) is 1. The summed E-state index contributed by atoms with van der Waals surface area (Å²) in [6.45, 7) is 4.03. The Kier molecular flexibility index (Phi) is 5.64. The molecule has 0 aliphatic heterocycles. The van der Waals surface area contributed by atoms with Crippen LogP contribution in [-0.4, -0.2) is 12.6 Å². The van der Waals surface area contributed by atoms with E-state index in [1.165, 1.54) is 6.08 Å². The molecule has 2 aromatic carbocycles. The molecule has 0 heterocycles. The maximum atomic E-state index is 11.5. The summed E-state index contributed by atoms with van der Waals surface area (Å²) < 4.78 is 4.91. The van der Waals surface area contributed by atoms with Gasteiger partial charge in [-0.15, -0.1) is 0 Å². The van der Waals surface area contributed by atoms with Crippen LogP contribution in [0.3, 0.4) is 0 Å². The zero-order valence-electron chi connectivity index (χ0n) is 12.4. The summed E-state index contributed by atoms with van der Waals surface area (Å²) in [6, 6.07) is 13.2. The zero-order chi connectivity index (χ0) is 16.1. The Morgan fingerprint density at radius 2 is 1.82 bits per heavy atom. The van der Waals surface area contributed by atoms with Crippen LogP contribution in [0.1, 0.15) is 19.4 Å². The van der Waals surface area contributed by atoms with Crippen LogP contribution in [0.4, 0.5) is 0 Å². The van der Waals surface area contributed by atoms with Crippen molar-refractivity contribution in [2.24, 2.45) is 0 Å². The van der Waals surface area contributed by atoms with Crippen molar-refractivity contribution in [3.8, 4) is 11.1 Å². The molecule has 0 radical (unpaired) electrons. The van der Waals surface area contributed by atoms with Gasteiger partial charge in [-0.1, -0.05) is 53.5 Å². The molecule has 0 amide bonds. The Hall–Kier alpha value is -1.77. The number of halogens is 2. The van der Waals surface area contributed by atoms with Gasteiger partial charge in [-0.25, -0.2) is 4.79 Å². The lowest BCUT2D eigenvalue weighted by Crippen LogP contribution is -2.00. The fourth-order valence-electron chi connectivity index (χ4n) is 2.08. The first-order chi connectivity index (χ1) is 10.5. The van der Waals surface area contributed by atoms with Gasteiger partial charge in [0, 0.05) is 21.7 Å². The van der Waals surface area contributed by atoms with Crippen LogP contribution in [0.25, 0.3) is 16.7 Å². The number of allylic oxidation sites excluding steroid dienone is 1. The maximum Gasteiger partial charge on any atom is 0.331 e. The van der Waals surface area contributed by atoms with Crippen molar-refractivity contribution in [2.75, 3.05) is 6.61 Å². The number of hydrogen-bond donors (Lipinski definition) is 0. The molecule has 0 fully saturated rings. The normalized spacial score (nSPS) is 11.4. The molecule has 0 saturated heterocycles. The number of carbonyl (C=O) groups excluding carboxylic acids is 1. The first-order valence-corrected chi connectivity index (χ1v) is 7.67. The van der Waals surface area contributed by atoms with Crippen molar-refractivity contribution in [1.82, 2.24) is 0 Å². The molecule has 2 aromatic rings. The molecule has 0 aromatic heterocycles. The third kappa shape index (κ3) is 4.12. The molecule has 22 heavy (non-hydrogen) atoms. The monoisotopic (exact) mass is 334 g/mol. The van der Waals surface area contributed by atoms with Crippen molar-refractivity contribution in [3.63, 3.8) is 0 Å². The molecule has 0 aliphatic rings. The lowest BCUT2D eigenvalue weighted by Gasteiger charge is -2.07. The van der Waals surface area contributed by atoms with Crippen LogP contribution in [0.5, 0.6) is 0 Å². The fraction of sp³-hybridized carbons (Fsp3) is 0.167. The van der Waals surface area contributed by atoms with Crippen molar-refractivity contribution in [3.05, 3.63) is 64.1 Å². The van der Waals surface area contributed by atoms with E-state index in [2.05, 4.69) is 0 Å². The minimum absolute atomic E-state index is 0.329. The topological polar surface area (TPSA) is 26.3 Å². The number of rotatable bonds is 4. The standard InChI is InChI=1S/C18H16Cl2O2/c1-3-22-18(21)10-12(2)13-4-6-14(7-5-13)16-9-8-15(19)11-17(16)20/h4-11H,3H2,1-2H3. The molecule has 114 valence electrons. The summed E-state index contributed by atoms with van der Waals surface area (Å²) >= 11 is 12.1. The predicted molar refractivity (Wildman–Crippen MR) is 92.2 cm³/mol. The molecular weight excluding hydrogens is 319 g/mol. The number of hydrogen-bond acceptors (Lipinski definition) is 2. The third-order valence-electron chi connectivity index (χ3n) is 3.20. The highest BCUT2D eigenvalue weighted by atomic mass is 35.5. The highest BCUT2D eigenvalue weighted by molar-refractivity contribution is 6.36. The van der Waals surface area contributed by atoms with E-state index in [4.69, 9.17) is 27.9 Å². The first-order valence-electron chi connectivity index (χ1n) is 6.92. The van der Waals surface area contributed by atoms with Gasteiger partial charge < -0.3 is 4.74 Å². The second-order valence-corrected chi connectivity index (χ2v) is 5.62. The van der Waals surface area contributed by atoms with E-state index in [0.717, 1.165) is 22.3 Å². The molecule has 2 rings (SSSR count). The van der Waals surface area contributed by atoms with E-state index in [9.17, 15) is 4.79 Å². The second-order valence-electron chi connectivity index (χ2n) is 4.78. The summed E-state index contributed by atoms with van der Waals surface area (Å²) in [5.41, 5.74) is 3.73. The average molecular weight is 335 g/mol. The van der Waals surface area contributed by atoms with Crippen LogP contribution in [0.15, 0.2) is 48.5 Å². The van der Waals surface area contributed by atoms with E-state index in [1.54, 1.807) is 13.0 Å². The molecule has 0 aliphatic carbocycles. The summed E-state index contributed by atoms with van der Waals surface area (Å²) in [5, 5.41) is 1.22. The smallest absolute Gasteiger partial charge is 0.331 e. The Morgan fingerprint density at radius 1 is 1.14 bits per heavy atom. The van der Waals surface area contributed by atoms with Crippen LogP contribution in [-0.2, 0) is 9.53 Å². The van der Waals surface area contributed by atoms with Crippen LogP contribution in [0, 0.1) is 0 Å². The lowest BCUT2D eigenvalue weighted by atomic mass is 10.0. The Bertz CT molecular complexity index is 704. The molecule has 0 N–H and O–H groups in total. The van der Waals surface area contributed by atoms with Crippen LogP contribution < -0.4 is 0 Å². The minimum Gasteiger partial charge on any atom is -0.463 e. The highest BCUT2D eigenvalue weighted by Crippen LogP contribution is 2.31. The summed E-state index contributed by atoms with van der Waals surface area (Å²) in [4.78, 5) is 11.5. The molecular formula is C18H16Cl2O2. The third-order valence-corrected chi connectivity index (χ3v) is 3.75. The number of carbonyl (C=O) groups is 1. The van der Waals surface area contributed by atoms with E-state index in [0.29, 0.717) is 16.7 Å². The zero-order valence-corrected chi connectivity index (χ0v) is 13.9. The maximum absolute atomic E-state index is 11.5. The molecule has 0 spiro atoms. The fourth-order valence-corrected chi connectivity index (χ4v) is 2.60. The Balaban J connectivity index is 2.25. The second kappa shape index (κ2) is 7.48. The van der Waals surface area contributed by atoms with Gasteiger partial charge in [0.2, 0.25) is 0 Å². The van der Waals surface area contributed by atoms with Gasteiger partial charge in [0.15, 0.2) is 0 Å². The van der Waals surface area contributed by atoms with Crippen molar-refractivity contribution >= 4 is 34.7 Å². The molecule has 2 nitrogen and oxygen atoms in total.